The van der Waals surface area contributed by atoms with Crippen molar-refractivity contribution in [2.45, 2.75) is 75.8 Å². The van der Waals surface area contributed by atoms with Crippen LogP contribution in [-0.4, -0.2) is 67.2 Å². The molecule has 0 amide bonds. The van der Waals surface area contributed by atoms with Gasteiger partial charge in [0.15, 0.2) is 0 Å². The molecule has 3 N–H and O–H groups in total. The van der Waals surface area contributed by atoms with Crippen LogP contribution in [0.3, 0.4) is 0 Å². The highest BCUT2D eigenvalue weighted by molar-refractivity contribution is 7.89. The van der Waals surface area contributed by atoms with Crippen LogP contribution in [0.15, 0.2) is 65.8 Å². The predicted octanol–water partition coefficient (Wildman–Crippen LogP) is 5.18. The van der Waals surface area contributed by atoms with Crippen molar-refractivity contribution >= 4 is 44.2 Å². The molecule has 4 aromatic rings. The van der Waals surface area contributed by atoms with Gasteiger partial charge >= 0.3 is 5.97 Å². The molecule has 2 aromatic carbocycles. The maximum atomic E-state index is 13.7. The summed E-state index contributed by atoms with van der Waals surface area (Å²) in [6.45, 7) is 9.71. The lowest BCUT2D eigenvalue weighted by atomic mass is 9.92. The average molecular weight is 658 g/mol. The molecule has 6 rings (SSSR count). The Morgan fingerprint density at radius 3 is 2.62 bits per heavy atom. The second-order valence-electron chi connectivity index (χ2n) is 13.3. The number of nitrogens with zero attached hydrogens (tertiary/aromatic N) is 4. The highest BCUT2D eigenvalue weighted by Crippen LogP contribution is 2.33. The lowest BCUT2D eigenvalue weighted by molar-refractivity contribution is -0.156. The number of ether oxygens (including phenoxy) is 1. The van der Waals surface area contributed by atoms with Crippen LogP contribution in [0.2, 0.25) is 0 Å². The summed E-state index contributed by atoms with van der Waals surface area (Å²) in [6.07, 6.45) is 5.62. The van der Waals surface area contributed by atoms with Crippen molar-refractivity contribution < 1.29 is 17.9 Å². The van der Waals surface area contributed by atoms with Gasteiger partial charge in [-0.3, -0.25) is 4.79 Å². The molecule has 0 spiro atoms. The Kier molecular flexibility index (Phi) is 9.34. The van der Waals surface area contributed by atoms with E-state index in [0.717, 1.165) is 73.6 Å². The van der Waals surface area contributed by atoms with Crippen molar-refractivity contribution in [1.29, 1.82) is 0 Å². The zero-order valence-corrected chi connectivity index (χ0v) is 28.2. The molecule has 1 atom stereocenters. The fourth-order valence-electron chi connectivity index (χ4n) is 6.32. The molecule has 248 valence electrons. The van der Waals surface area contributed by atoms with Crippen molar-refractivity contribution in [2.24, 2.45) is 0 Å². The van der Waals surface area contributed by atoms with Gasteiger partial charge in [-0.05, 0) is 76.5 Å². The maximum Gasteiger partial charge on any atom is 0.326 e. The van der Waals surface area contributed by atoms with Crippen LogP contribution in [0.1, 0.15) is 62.8 Å². The summed E-state index contributed by atoms with van der Waals surface area (Å²) in [7, 11) is -4.10. The first kappa shape index (κ1) is 32.6. The summed E-state index contributed by atoms with van der Waals surface area (Å²) >= 11 is 0. The molecule has 1 fully saturated rings. The molecule has 4 heterocycles. The first-order valence-electron chi connectivity index (χ1n) is 16.3. The predicted molar refractivity (Wildman–Crippen MR) is 184 cm³/mol. The van der Waals surface area contributed by atoms with E-state index < -0.39 is 27.6 Å². The highest BCUT2D eigenvalue weighted by Gasteiger charge is 2.31. The van der Waals surface area contributed by atoms with Gasteiger partial charge in [-0.15, -0.1) is 0 Å². The van der Waals surface area contributed by atoms with Crippen molar-refractivity contribution in [3.05, 3.63) is 77.7 Å². The molecule has 2 aliphatic rings. The summed E-state index contributed by atoms with van der Waals surface area (Å²) in [6, 6.07) is 15.5. The molecular weight excluding hydrogens is 614 g/mol. The molecule has 0 aliphatic carbocycles. The molecule has 0 radical (unpaired) electrons. The number of hydrogen-bond donors (Lipinski definition) is 3. The van der Waals surface area contributed by atoms with E-state index >= 15 is 0 Å². The summed E-state index contributed by atoms with van der Waals surface area (Å²) < 4.78 is 35.6. The number of pyridine rings is 1. The Hall–Kier alpha value is -4.29. The van der Waals surface area contributed by atoms with Crippen LogP contribution in [-0.2, 0) is 26.0 Å². The third-order valence-corrected chi connectivity index (χ3v) is 10.2. The normalized spacial score (nSPS) is 16.3. The highest BCUT2D eigenvalue weighted by atomic mass is 32.2. The smallest absolute Gasteiger partial charge is 0.326 e. The van der Waals surface area contributed by atoms with E-state index in [1.807, 2.05) is 25.1 Å². The second kappa shape index (κ2) is 13.4. The Labute approximate surface area is 276 Å². The number of nitrogens with one attached hydrogen (secondary N) is 3. The van der Waals surface area contributed by atoms with Gasteiger partial charge in [-0.2, -0.15) is 4.72 Å². The Morgan fingerprint density at radius 2 is 1.83 bits per heavy atom. The largest absolute Gasteiger partial charge is 0.459 e. The first-order chi connectivity index (χ1) is 22.5. The number of fused-ring (bicyclic) bond motifs is 2. The molecule has 2 aliphatic heterocycles. The van der Waals surface area contributed by atoms with Crippen LogP contribution in [0.25, 0.3) is 10.8 Å². The minimum Gasteiger partial charge on any atom is -0.459 e. The fraction of sp³-hybridized carbons (Fsp3) is 0.429. The van der Waals surface area contributed by atoms with Gasteiger partial charge in [0.1, 0.15) is 35.4 Å². The van der Waals surface area contributed by atoms with Crippen LogP contribution in [0, 0.1) is 6.92 Å². The maximum absolute atomic E-state index is 13.7. The van der Waals surface area contributed by atoms with Gasteiger partial charge < -0.3 is 20.3 Å². The molecule has 0 bridgehead atoms. The van der Waals surface area contributed by atoms with Crippen molar-refractivity contribution in [3.63, 3.8) is 0 Å². The molecule has 12 heteroatoms. The van der Waals surface area contributed by atoms with Gasteiger partial charge in [0.05, 0.1) is 4.90 Å². The summed E-state index contributed by atoms with van der Waals surface area (Å²) in [5.74, 6) is 2.06. The first-order valence-corrected chi connectivity index (χ1v) is 17.7. The van der Waals surface area contributed by atoms with E-state index in [0.29, 0.717) is 17.1 Å². The molecule has 11 nitrogen and oxygen atoms in total. The lowest BCUT2D eigenvalue weighted by Crippen LogP contribution is -2.48. The van der Waals surface area contributed by atoms with E-state index in [2.05, 4.69) is 42.4 Å². The Balaban J connectivity index is 1.16. The zero-order valence-electron chi connectivity index (χ0n) is 27.4. The number of sulfonamides is 1. The van der Waals surface area contributed by atoms with Gasteiger partial charge in [0.25, 0.3) is 0 Å². The molecule has 0 unspecified atom stereocenters. The summed E-state index contributed by atoms with van der Waals surface area (Å²) in [5.41, 5.74) is 2.44. The van der Waals surface area contributed by atoms with Crippen LogP contribution in [0.5, 0.6) is 0 Å². The Bertz CT molecular complexity index is 1860. The number of benzene rings is 2. The number of aryl methyl sites for hydroxylation is 1. The number of carbonyl (C=O) groups excluding carboxylic acids is 1. The van der Waals surface area contributed by atoms with Gasteiger partial charge in [0, 0.05) is 48.7 Å². The van der Waals surface area contributed by atoms with E-state index in [1.54, 1.807) is 39.0 Å². The minimum absolute atomic E-state index is 0.0731. The number of anilines is 3. The number of rotatable bonds is 9. The monoisotopic (exact) mass is 657 g/mol. The fourth-order valence-corrected chi connectivity index (χ4v) is 7.74. The number of carbonyl (C=O) groups is 1. The van der Waals surface area contributed by atoms with E-state index in [1.165, 1.54) is 18.0 Å². The molecule has 1 saturated heterocycles. The third kappa shape index (κ3) is 7.49. The zero-order chi connectivity index (χ0) is 33.2. The van der Waals surface area contributed by atoms with E-state index in [9.17, 15) is 13.2 Å². The molecule has 2 aromatic heterocycles. The van der Waals surface area contributed by atoms with E-state index in [4.69, 9.17) is 9.72 Å². The van der Waals surface area contributed by atoms with Gasteiger partial charge in [0.2, 0.25) is 10.0 Å². The number of piperidine rings is 1. The summed E-state index contributed by atoms with van der Waals surface area (Å²) in [4.78, 5) is 29.7. The molecule has 0 saturated carbocycles. The Morgan fingerprint density at radius 1 is 1.06 bits per heavy atom. The summed E-state index contributed by atoms with van der Waals surface area (Å²) in [5, 5.41) is 8.01. The van der Waals surface area contributed by atoms with Crippen molar-refractivity contribution in [2.75, 3.05) is 41.7 Å². The number of hydrogen-bond acceptors (Lipinski definition) is 10. The molecule has 47 heavy (non-hydrogen) atoms. The lowest BCUT2D eigenvalue weighted by Gasteiger charge is -2.34. The SMILES string of the molecule is Cc1c(NC[C@H](NS(=O)(=O)c2cccc3ccccc23)C(=O)OC(C)(C)C)ncnc1N1CCC(c2ccc3c(n2)NCCC3)CC1. The van der Waals surface area contributed by atoms with Crippen LogP contribution < -0.4 is 20.3 Å². The number of aromatic nitrogens is 3. The number of esters is 1. The van der Waals surface area contributed by atoms with Crippen molar-refractivity contribution in [1.82, 2.24) is 19.7 Å². The second-order valence-corrected chi connectivity index (χ2v) is 15.0. The standard InChI is InChI=1S/C35H43N7O4S/c1-23-31(38-22-39-33(23)42-19-16-25(17-20-42)28-15-14-26-11-8-18-36-32(26)40-28)37-21-29(34(43)46-35(2,3)4)41-47(44,45)30-13-7-10-24-9-5-6-12-27(24)30/h5-7,9-10,12-15,22,25,29,41H,8,11,16-21H2,1-4H3,(H,36,40)(H,37,38,39)/t29-/m0/s1. The van der Waals surface area contributed by atoms with Crippen LogP contribution >= 0.6 is 0 Å². The topological polar surface area (TPSA) is 138 Å². The van der Waals surface area contributed by atoms with Crippen molar-refractivity contribution in [3.8, 4) is 0 Å². The minimum atomic E-state index is -4.10. The quantitative estimate of drug-likeness (QED) is 0.207. The van der Waals surface area contributed by atoms with E-state index in [-0.39, 0.29) is 11.4 Å². The van der Waals surface area contributed by atoms with Crippen LogP contribution in [0.4, 0.5) is 17.5 Å². The van der Waals surface area contributed by atoms with Gasteiger partial charge in [-0.1, -0.05) is 42.5 Å². The van der Waals surface area contributed by atoms with Gasteiger partial charge in [-0.25, -0.2) is 23.4 Å². The molecular formula is C35H43N7O4S. The third-order valence-electron chi connectivity index (χ3n) is 8.69. The average Bonchev–Trinajstić information content (AvgIpc) is 3.06.